The summed E-state index contributed by atoms with van der Waals surface area (Å²) < 4.78 is 13.6. The zero-order valence-corrected chi connectivity index (χ0v) is 13.1. The predicted octanol–water partition coefficient (Wildman–Crippen LogP) is 2.94. The molecule has 0 aliphatic carbocycles. The number of carbonyl (C=O) groups excluding carboxylic acids is 1. The zero-order valence-electron chi connectivity index (χ0n) is 13.1. The second kappa shape index (κ2) is 6.62. The van der Waals surface area contributed by atoms with Crippen molar-refractivity contribution >= 4 is 22.5 Å². The number of para-hydroxylation sites is 1. The fourth-order valence-electron chi connectivity index (χ4n) is 2.43. The molecule has 3 aromatic rings. The Morgan fingerprint density at radius 2 is 2.04 bits per heavy atom. The highest BCUT2D eigenvalue weighted by Crippen LogP contribution is 2.16. The van der Waals surface area contributed by atoms with Gasteiger partial charge in [0.25, 0.3) is 5.56 Å². The van der Waals surface area contributed by atoms with Gasteiger partial charge in [0.05, 0.1) is 16.6 Å². The Balaban J connectivity index is 1.70. The van der Waals surface area contributed by atoms with E-state index >= 15 is 0 Å². The van der Waals surface area contributed by atoms with E-state index in [0.717, 1.165) is 5.56 Å². The fraction of sp³-hybridized carbons (Fsp3) is 0.167. The number of rotatable bonds is 4. The number of halogens is 1. The molecule has 2 N–H and O–H groups in total. The number of hydrogen-bond acceptors (Lipinski definition) is 3. The summed E-state index contributed by atoms with van der Waals surface area (Å²) in [5.74, 6) is -0.389. The Kier molecular flexibility index (Phi) is 4.37. The van der Waals surface area contributed by atoms with Gasteiger partial charge in [-0.05, 0) is 36.8 Å². The number of H-pyrrole nitrogens is 1. The summed E-state index contributed by atoms with van der Waals surface area (Å²) in [4.78, 5) is 31.0. The van der Waals surface area contributed by atoms with Gasteiger partial charge in [-0.15, -0.1) is 0 Å². The fourth-order valence-corrected chi connectivity index (χ4v) is 2.43. The van der Waals surface area contributed by atoms with Gasteiger partial charge in [0.15, 0.2) is 0 Å². The number of nitrogens with one attached hydrogen (secondary N) is 2. The van der Waals surface area contributed by atoms with E-state index in [2.05, 4.69) is 15.3 Å². The number of aromatic amines is 1. The minimum Gasteiger partial charge on any atom is -0.324 e. The summed E-state index contributed by atoms with van der Waals surface area (Å²) in [5.41, 5.74) is 1.36. The van der Waals surface area contributed by atoms with Crippen molar-refractivity contribution in [1.29, 1.82) is 0 Å². The maximum Gasteiger partial charge on any atom is 0.258 e. The van der Waals surface area contributed by atoms with Crippen molar-refractivity contribution in [3.8, 4) is 0 Å². The summed E-state index contributed by atoms with van der Waals surface area (Å²) in [6.45, 7) is 1.82. The molecule has 3 rings (SSSR count). The first kappa shape index (κ1) is 15.9. The van der Waals surface area contributed by atoms with Crippen molar-refractivity contribution in [1.82, 2.24) is 9.97 Å². The number of aryl methyl sites for hydroxylation is 2. The van der Waals surface area contributed by atoms with E-state index in [1.807, 2.05) is 6.92 Å². The van der Waals surface area contributed by atoms with E-state index in [0.29, 0.717) is 16.7 Å². The standard InChI is InChI=1S/C18H16FN3O2/c1-11-6-7-13(19)15(10-11)21-17(23)9-8-16-20-14-5-3-2-4-12(14)18(24)22-16/h2-7,10H,8-9H2,1H3,(H,21,23)(H,20,22,24). The second-order valence-corrected chi connectivity index (χ2v) is 5.56. The number of nitrogens with zero attached hydrogens (tertiary/aromatic N) is 1. The third kappa shape index (κ3) is 3.48. The first-order chi connectivity index (χ1) is 11.5. The molecule has 0 bridgehead atoms. The molecule has 5 nitrogen and oxygen atoms in total. The third-order valence-corrected chi connectivity index (χ3v) is 3.65. The molecular weight excluding hydrogens is 309 g/mol. The molecule has 0 atom stereocenters. The molecule has 1 heterocycles. The summed E-state index contributed by atoms with van der Waals surface area (Å²) in [7, 11) is 0. The molecule has 0 aliphatic heterocycles. The highest BCUT2D eigenvalue weighted by Gasteiger charge is 2.09. The quantitative estimate of drug-likeness (QED) is 0.774. The maximum absolute atomic E-state index is 13.6. The van der Waals surface area contributed by atoms with Gasteiger partial charge >= 0.3 is 0 Å². The van der Waals surface area contributed by atoms with Crippen LogP contribution in [0.5, 0.6) is 0 Å². The minimum atomic E-state index is -0.480. The first-order valence-corrected chi connectivity index (χ1v) is 7.57. The van der Waals surface area contributed by atoms with Crippen LogP contribution in [0.4, 0.5) is 10.1 Å². The molecule has 0 radical (unpaired) electrons. The van der Waals surface area contributed by atoms with E-state index in [4.69, 9.17) is 0 Å². The number of benzene rings is 2. The van der Waals surface area contributed by atoms with Crippen LogP contribution in [-0.2, 0) is 11.2 Å². The molecule has 122 valence electrons. The summed E-state index contributed by atoms with van der Waals surface area (Å²) in [6, 6.07) is 11.5. The molecule has 0 saturated heterocycles. The molecule has 1 aromatic heterocycles. The Morgan fingerprint density at radius 3 is 2.88 bits per heavy atom. The minimum absolute atomic E-state index is 0.0919. The lowest BCUT2D eigenvalue weighted by Crippen LogP contribution is -2.16. The van der Waals surface area contributed by atoms with Crippen molar-refractivity contribution in [3.05, 3.63) is 70.0 Å². The lowest BCUT2D eigenvalue weighted by atomic mass is 10.2. The van der Waals surface area contributed by atoms with E-state index in [-0.39, 0.29) is 30.0 Å². The SMILES string of the molecule is Cc1ccc(F)c(NC(=O)CCc2nc3ccccc3c(=O)[nH]2)c1. The van der Waals surface area contributed by atoms with Crippen molar-refractivity contribution in [2.24, 2.45) is 0 Å². The van der Waals surface area contributed by atoms with Gasteiger partial charge in [-0.3, -0.25) is 9.59 Å². The monoisotopic (exact) mass is 325 g/mol. The van der Waals surface area contributed by atoms with Gasteiger partial charge in [-0.1, -0.05) is 18.2 Å². The van der Waals surface area contributed by atoms with E-state index in [1.54, 1.807) is 36.4 Å². The average Bonchev–Trinajstić information content (AvgIpc) is 2.56. The normalized spacial score (nSPS) is 10.8. The molecular formula is C18H16FN3O2. The lowest BCUT2D eigenvalue weighted by molar-refractivity contribution is -0.116. The average molecular weight is 325 g/mol. The smallest absolute Gasteiger partial charge is 0.258 e. The molecule has 0 unspecified atom stereocenters. The van der Waals surface area contributed by atoms with E-state index < -0.39 is 5.82 Å². The third-order valence-electron chi connectivity index (χ3n) is 3.65. The molecule has 24 heavy (non-hydrogen) atoms. The number of aromatic nitrogens is 2. The highest BCUT2D eigenvalue weighted by molar-refractivity contribution is 5.91. The Hall–Kier alpha value is -3.02. The predicted molar refractivity (Wildman–Crippen MR) is 90.5 cm³/mol. The maximum atomic E-state index is 13.6. The summed E-state index contributed by atoms with van der Waals surface area (Å²) in [5, 5.41) is 3.05. The topological polar surface area (TPSA) is 74.8 Å². The van der Waals surface area contributed by atoms with Gasteiger partial charge < -0.3 is 10.3 Å². The Bertz CT molecular complexity index is 966. The molecule has 0 saturated carbocycles. The van der Waals surface area contributed by atoms with Crippen LogP contribution in [0.15, 0.2) is 47.3 Å². The molecule has 0 fully saturated rings. The number of amides is 1. The molecule has 1 amide bonds. The van der Waals surface area contributed by atoms with Gasteiger partial charge in [0.2, 0.25) is 5.91 Å². The van der Waals surface area contributed by atoms with Gasteiger partial charge in [0, 0.05) is 12.8 Å². The Labute approximate surface area is 137 Å². The van der Waals surface area contributed by atoms with Crippen LogP contribution < -0.4 is 10.9 Å². The number of hydrogen-bond donors (Lipinski definition) is 2. The van der Waals surface area contributed by atoms with Crippen LogP contribution in [0, 0.1) is 12.7 Å². The molecule has 0 aliphatic rings. The lowest BCUT2D eigenvalue weighted by Gasteiger charge is -2.07. The summed E-state index contributed by atoms with van der Waals surface area (Å²) >= 11 is 0. The first-order valence-electron chi connectivity index (χ1n) is 7.57. The largest absolute Gasteiger partial charge is 0.324 e. The van der Waals surface area contributed by atoms with Crippen LogP contribution in [0.3, 0.4) is 0 Å². The van der Waals surface area contributed by atoms with Crippen LogP contribution in [-0.4, -0.2) is 15.9 Å². The number of carbonyl (C=O) groups is 1. The van der Waals surface area contributed by atoms with Crippen LogP contribution in [0.2, 0.25) is 0 Å². The molecule has 2 aromatic carbocycles. The molecule has 6 heteroatoms. The molecule has 0 spiro atoms. The van der Waals surface area contributed by atoms with Crippen LogP contribution in [0.1, 0.15) is 17.8 Å². The van der Waals surface area contributed by atoms with Crippen molar-refractivity contribution in [3.63, 3.8) is 0 Å². The van der Waals surface area contributed by atoms with Crippen LogP contribution in [0.25, 0.3) is 10.9 Å². The van der Waals surface area contributed by atoms with Crippen LogP contribution >= 0.6 is 0 Å². The Morgan fingerprint density at radius 1 is 1.25 bits per heavy atom. The van der Waals surface area contributed by atoms with Crippen molar-refractivity contribution in [2.75, 3.05) is 5.32 Å². The van der Waals surface area contributed by atoms with Crippen molar-refractivity contribution < 1.29 is 9.18 Å². The van der Waals surface area contributed by atoms with E-state index in [9.17, 15) is 14.0 Å². The second-order valence-electron chi connectivity index (χ2n) is 5.56. The summed E-state index contributed by atoms with van der Waals surface area (Å²) in [6.07, 6.45) is 0.355. The number of fused-ring (bicyclic) bond motifs is 1. The van der Waals surface area contributed by atoms with Gasteiger partial charge in [-0.25, -0.2) is 9.37 Å². The number of anilines is 1. The van der Waals surface area contributed by atoms with Gasteiger partial charge in [0.1, 0.15) is 11.6 Å². The zero-order chi connectivity index (χ0) is 17.1. The van der Waals surface area contributed by atoms with Gasteiger partial charge in [-0.2, -0.15) is 0 Å². The van der Waals surface area contributed by atoms with E-state index in [1.165, 1.54) is 6.07 Å². The van der Waals surface area contributed by atoms with Crippen molar-refractivity contribution in [2.45, 2.75) is 19.8 Å². The highest BCUT2D eigenvalue weighted by atomic mass is 19.1.